The van der Waals surface area contributed by atoms with Gasteiger partial charge in [0, 0.05) is 11.6 Å². The summed E-state index contributed by atoms with van der Waals surface area (Å²) in [6.45, 7) is 2.15. The summed E-state index contributed by atoms with van der Waals surface area (Å²) in [7, 11) is 0. The molecule has 0 radical (unpaired) electrons. The lowest BCUT2D eigenvalue weighted by atomic mass is 10.1. The van der Waals surface area contributed by atoms with Crippen LogP contribution in [0.4, 0.5) is 5.69 Å². The molecule has 0 aliphatic carbocycles. The number of hydrogen-bond acceptors (Lipinski definition) is 4. The van der Waals surface area contributed by atoms with Crippen molar-refractivity contribution in [1.82, 2.24) is 5.32 Å². The minimum Gasteiger partial charge on any atom is -0.463 e. The van der Waals surface area contributed by atoms with Gasteiger partial charge in [-0.2, -0.15) is 0 Å². The van der Waals surface area contributed by atoms with Crippen molar-refractivity contribution in [3.63, 3.8) is 0 Å². The highest BCUT2D eigenvalue weighted by Gasteiger charge is 2.11. The first-order chi connectivity index (χ1) is 7.81. The molecular weight excluding hydrogens is 204 g/mol. The summed E-state index contributed by atoms with van der Waals surface area (Å²) in [6.07, 6.45) is 3.00. The van der Waals surface area contributed by atoms with Gasteiger partial charge in [-0.25, -0.2) is 9.79 Å². The second-order valence-electron chi connectivity index (χ2n) is 3.23. The number of carbonyl (C=O) groups excluding carboxylic acids is 1. The number of esters is 1. The normalized spacial score (nSPS) is 15.4. The third kappa shape index (κ3) is 2.11. The predicted molar refractivity (Wildman–Crippen MR) is 62.3 cm³/mol. The molecule has 4 nitrogen and oxygen atoms in total. The van der Waals surface area contributed by atoms with Gasteiger partial charge in [-0.05, 0) is 13.0 Å². The largest absolute Gasteiger partial charge is 0.463 e. The van der Waals surface area contributed by atoms with Gasteiger partial charge in [0.05, 0.1) is 24.3 Å². The lowest BCUT2D eigenvalue weighted by Crippen LogP contribution is -2.15. The van der Waals surface area contributed by atoms with Crippen LogP contribution in [0.2, 0.25) is 0 Å². The lowest BCUT2D eigenvalue weighted by Gasteiger charge is -2.14. The van der Waals surface area contributed by atoms with Crippen LogP contribution in [0.25, 0.3) is 5.70 Å². The van der Waals surface area contributed by atoms with Gasteiger partial charge in [-0.15, -0.1) is 0 Å². The molecule has 0 spiro atoms. The average Bonchev–Trinajstić information content (AvgIpc) is 2.30. The van der Waals surface area contributed by atoms with Crippen molar-refractivity contribution in [2.75, 3.05) is 6.61 Å². The number of carbonyl (C=O) groups is 1. The first-order valence-electron chi connectivity index (χ1n) is 5.08. The average molecular weight is 216 g/mol. The molecule has 0 amide bonds. The van der Waals surface area contributed by atoms with Gasteiger partial charge in [-0.1, -0.05) is 18.2 Å². The van der Waals surface area contributed by atoms with Gasteiger partial charge in [0.2, 0.25) is 0 Å². The summed E-state index contributed by atoms with van der Waals surface area (Å²) < 4.78 is 4.86. The molecule has 0 bridgehead atoms. The van der Waals surface area contributed by atoms with Crippen LogP contribution in [-0.2, 0) is 9.53 Å². The highest BCUT2D eigenvalue weighted by Crippen LogP contribution is 2.26. The van der Waals surface area contributed by atoms with Gasteiger partial charge in [0.15, 0.2) is 0 Å². The lowest BCUT2D eigenvalue weighted by molar-refractivity contribution is -0.137. The van der Waals surface area contributed by atoms with Crippen molar-refractivity contribution < 1.29 is 9.53 Å². The fourth-order valence-corrected chi connectivity index (χ4v) is 1.48. The van der Waals surface area contributed by atoms with Gasteiger partial charge in [-0.3, -0.25) is 0 Å². The van der Waals surface area contributed by atoms with E-state index in [9.17, 15) is 4.79 Å². The first kappa shape index (κ1) is 10.4. The standard InChI is InChI=1S/C12H12N2O2/c1-2-16-12(15)7-11-9-5-3-4-6-10(9)13-8-14-11/h3-8H,2H2,1H3,(H,13,14). The van der Waals surface area contributed by atoms with Crippen molar-refractivity contribution in [2.45, 2.75) is 6.92 Å². The van der Waals surface area contributed by atoms with Crippen molar-refractivity contribution in [3.05, 3.63) is 35.9 Å². The molecule has 0 fully saturated rings. The van der Waals surface area contributed by atoms with Crippen molar-refractivity contribution >= 4 is 23.7 Å². The molecule has 1 N–H and O–H groups in total. The SMILES string of the molecule is CCOC(=O)C=C1NC=Nc2ccccc21. The highest BCUT2D eigenvalue weighted by atomic mass is 16.5. The smallest absolute Gasteiger partial charge is 0.332 e. The number of rotatable bonds is 2. The number of benzene rings is 1. The van der Waals surface area contributed by atoms with E-state index in [1.807, 2.05) is 24.3 Å². The molecule has 1 aromatic rings. The van der Waals surface area contributed by atoms with Crippen molar-refractivity contribution in [1.29, 1.82) is 0 Å². The van der Waals surface area contributed by atoms with Gasteiger partial charge in [0.1, 0.15) is 0 Å². The number of ether oxygens (including phenoxy) is 1. The fourth-order valence-electron chi connectivity index (χ4n) is 1.48. The number of para-hydroxylation sites is 1. The van der Waals surface area contributed by atoms with Crippen molar-refractivity contribution in [2.24, 2.45) is 4.99 Å². The zero-order valence-corrected chi connectivity index (χ0v) is 8.93. The van der Waals surface area contributed by atoms with Crippen molar-refractivity contribution in [3.8, 4) is 0 Å². The van der Waals surface area contributed by atoms with Gasteiger partial charge in [0.25, 0.3) is 0 Å². The summed E-state index contributed by atoms with van der Waals surface area (Å²) in [6, 6.07) is 7.61. The minimum atomic E-state index is -0.352. The third-order valence-electron chi connectivity index (χ3n) is 2.17. The Morgan fingerprint density at radius 3 is 3.12 bits per heavy atom. The molecule has 0 saturated heterocycles. The molecule has 16 heavy (non-hydrogen) atoms. The maximum atomic E-state index is 11.3. The van der Waals surface area contributed by atoms with E-state index in [4.69, 9.17) is 4.74 Å². The molecule has 0 unspecified atom stereocenters. The minimum absolute atomic E-state index is 0.352. The summed E-state index contributed by atoms with van der Waals surface area (Å²) in [5.74, 6) is -0.352. The molecular formula is C12H12N2O2. The molecule has 82 valence electrons. The van der Waals surface area contributed by atoms with E-state index in [-0.39, 0.29) is 5.97 Å². The Morgan fingerprint density at radius 1 is 1.50 bits per heavy atom. The number of fused-ring (bicyclic) bond motifs is 1. The van der Waals surface area contributed by atoms with Crippen LogP contribution in [0.15, 0.2) is 35.3 Å². The number of aliphatic imine (C=N–C) groups is 1. The molecule has 2 rings (SSSR count). The Hall–Kier alpha value is -2.10. The Morgan fingerprint density at radius 2 is 2.31 bits per heavy atom. The summed E-state index contributed by atoms with van der Waals surface area (Å²) in [5, 5.41) is 2.93. The molecule has 0 saturated carbocycles. The number of hydrogen-bond donors (Lipinski definition) is 1. The predicted octanol–water partition coefficient (Wildman–Crippen LogP) is 1.85. The third-order valence-corrected chi connectivity index (χ3v) is 2.17. The second-order valence-corrected chi connectivity index (χ2v) is 3.23. The van der Waals surface area contributed by atoms with E-state index >= 15 is 0 Å². The zero-order valence-electron chi connectivity index (χ0n) is 8.93. The van der Waals surface area contributed by atoms with E-state index in [0.717, 1.165) is 11.3 Å². The van der Waals surface area contributed by atoms with Crippen LogP contribution in [0.5, 0.6) is 0 Å². The van der Waals surface area contributed by atoms with E-state index in [1.165, 1.54) is 6.08 Å². The first-order valence-corrected chi connectivity index (χ1v) is 5.08. The molecule has 1 aromatic carbocycles. The Balaban J connectivity index is 2.31. The van der Waals surface area contributed by atoms with Crippen LogP contribution in [-0.4, -0.2) is 18.9 Å². The van der Waals surface area contributed by atoms with Crippen LogP contribution in [0.1, 0.15) is 12.5 Å². The monoisotopic (exact) mass is 216 g/mol. The molecule has 4 heteroatoms. The Labute approximate surface area is 93.6 Å². The van der Waals surface area contributed by atoms with Gasteiger partial charge >= 0.3 is 5.97 Å². The quantitative estimate of drug-likeness (QED) is 0.606. The molecule has 1 aliphatic heterocycles. The van der Waals surface area contributed by atoms with Crippen LogP contribution in [0.3, 0.4) is 0 Å². The molecule has 1 aliphatic rings. The van der Waals surface area contributed by atoms with Crippen LogP contribution in [0, 0.1) is 0 Å². The zero-order chi connectivity index (χ0) is 11.4. The molecule has 0 atom stereocenters. The van der Waals surface area contributed by atoms with Crippen LogP contribution >= 0.6 is 0 Å². The van der Waals surface area contributed by atoms with Crippen LogP contribution < -0.4 is 5.32 Å². The number of nitrogens with zero attached hydrogens (tertiary/aromatic N) is 1. The van der Waals surface area contributed by atoms with Gasteiger partial charge < -0.3 is 10.1 Å². The fraction of sp³-hybridized carbons (Fsp3) is 0.167. The summed E-state index contributed by atoms with van der Waals surface area (Å²) >= 11 is 0. The van der Waals surface area contributed by atoms with E-state index in [2.05, 4.69) is 10.3 Å². The molecule has 1 heterocycles. The Kier molecular flexibility index (Phi) is 3.00. The topological polar surface area (TPSA) is 50.7 Å². The maximum Gasteiger partial charge on any atom is 0.332 e. The Bertz CT molecular complexity index is 464. The number of nitrogens with one attached hydrogen (secondary N) is 1. The van der Waals surface area contributed by atoms with E-state index in [0.29, 0.717) is 12.3 Å². The van der Waals surface area contributed by atoms with E-state index < -0.39 is 0 Å². The van der Waals surface area contributed by atoms with E-state index in [1.54, 1.807) is 13.3 Å². The summed E-state index contributed by atoms with van der Waals surface area (Å²) in [4.78, 5) is 15.5. The second kappa shape index (κ2) is 4.61. The molecule has 0 aromatic heterocycles. The maximum absolute atomic E-state index is 11.3. The summed E-state index contributed by atoms with van der Waals surface area (Å²) in [5.41, 5.74) is 2.46. The highest BCUT2D eigenvalue weighted by molar-refractivity contribution is 5.97.